The van der Waals surface area contributed by atoms with Crippen molar-refractivity contribution in [1.82, 2.24) is 0 Å². The quantitative estimate of drug-likeness (QED) is 0.0164. The van der Waals surface area contributed by atoms with Crippen molar-refractivity contribution in [3.05, 3.63) is 91.1 Å². The largest absolute Gasteiger partial charge is 0.481 e. The second-order valence-corrected chi connectivity index (χ2v) is 25.3. The molecule has 2 saturated carbocycles. The standard InChI is InChI=1S/C10H20O2.4C10H18O2.C9H8O2.C8H14O2.C7H12O2.C6H8O7/c5*1-2-3-4-5-6-7-8-9-10(11)12;10-9(11)7-6-8-4-2-1-3-5-8;9-8(10)6-7-4-2-1-3-5-7;8-7(9)6-4-2-1-3-5-6;7-3(8)1-6(13,5(11)12)2-4(9)10/h2-9H2,1H3,(H,11,12);6-7H,2-5,8-9H2,1H3,(H,11,12);5-6H,2-4,7-9H2,1H3,(H,11,12);4-5H,2-3,6-9H2,1H3,(H,11,12);2H,1,3-9H2,(H,11,12);1-7H,(H,10,11);7H,1-6H2,(H,9,10);6H,1-5H2,(H,8,9);13H,1-2H2,(H,7,8)(H,9,10)(H,11,12). The third-order valence-electron chi connectivity index (χ3n) is 15.4. The first kappa shape index (κ1) is 106. The van der Waals surface area contributed by atoms with E-state index in [0.29, 0.717) is 38.0 Å². The van der Waals surface area contributed by atoms with Crippen molar-refractivity contribution < 1.29 is 114 Å². The molecular formula is C80H134O23. The van der Waals surface area contributed by atoms with Crippen LogP contribution in [0.15, 0.2) is 85.5 Å². The first-order chi connectivity index (χ1) is 49.0. The van der Waals surface area contributed by atoms with Crippen LogP contribution in [0.3, 0.4) is 0 Å². The molecule has 0 aliphatic heterocycles. The molecule has 0 heterocycles. The molecule has 23 nitrogen and oxygen atoms in total. The Balaban J connectivity index is -0.000000257. The molecule has 2 aliphatic rings. The van der Waals surface area contributed by atoms with Crippen LogP contribution >= 0.6 is 0 Å². The summed E-state index contributed by atoms with van der Waals surface area (Å²) in [5.41, 5.74) is -1.84. The molecule has 0 aromatic heterocycles. The van der Waals surface area contributed by atoms with Crippen molar-refractivity contribution in [2.75, 3.05) is 0 Å². The van der Waals surface area contributed by atoms with Gasteiger partial charge in [0.2, 0.25) is 0 Å². The van der Waals surface area contributed by atoms with Crippen LogP contribution in [-0.4, -0.2) is 133 Å². The van der Waals surface area contributed by atoms with Gasteiger partial charge in [0.15, 0.2) is 5.60 Å². The van der Waals surface area contributed by atoms with E-state index in [2.05, 4.69) is 64.7 Å². The summed E-state index contributed by atoms with van der Waals surface area (Å²) in [5, 5.41) is 101. The molecule has 2 aliphatic carbocycles. The number of allylic oxidation sites excluding steroid dienone is 7. The van der Waals surface area contributed by atoms with E-state index in [1.807, 2.05) is 42.5 Å². The molecule has 0 bridgehead atoms. The minimum absolute atomic E-state index is 0.0289. The molecule has 2 fully saturated rings. The van der Waals surface area contributed by atoms with Gasteiger partial charge in [0.05, 0.1) is 18.8 Å². The van der Waals surface area contributed by atoms with Crippen molar-refractivity contribution in [1.29, 1.82) is 0 Å². The lowest BCUT2D eigenvalue weighted by Crippen LogP contribution is -2.42. The summed E-state index contributed by atoms with van der Waals surface area (Å²) in [6.07, 6.45) is 58.7. The fourth-order valence-corrected chi connectivity index (χ4v) is 9.59. The second-order valence-electron chi connectivity index (χ2n) is 25.3. The number of carboxylic acids is 11. The molecule has 23 heteroatoms. The number of hydrogen-bond acceptors (Lipinski definition) is 12. The van der Waals surface area contributed by atoms with Crippen molar-refractivity contribution in [2.45, 2.75) is 329 Å². The van der Waals surface area contributed by atoms with Gasteiger partial charge in [-0.05, 0) is 133 Å². The van der Waals surface area contributed by atoms with Crippen LogP contribution in [-0.2, 0) is 52.7 Å². The molecule has 0 saturated heterocycles. The van der Waals surface area contributed by atoms with Gasteiger partial charge in [-0.15, -0.1) is 6.58 Å². The van der Waals surface area contributed by atoms with Gasteiger partial charge in [0.1, 0.15) is 0 Å². The third kappa shape index (κ3) is 98.3. The first-order valence-electron chi connectivity index (χ1n) is 37.5. The summed E-state index contributed by atoms with van der Waals surface area (Å²) in [6, 6.07) is 9.31. The van der Waals surface area contributed by atoms with Crippen molar-refractivity contribution >= 4 is 71.7 Å². The van der Waals surface area contributed by atoms with Gasteiger partial charge in [-0.1, -0.05) is 229 Å². The van der Waals surface area contributed by atoms with Gasteiger partial charge < -0.3 is 61.3 Å². The van der Waals surface area contributed by atoms with Gasteiger partial charge in [0.25, 0.3) is 0 Å². The Kier molecular flexibility index (Phi) is 83.7. The lowest BCUT2D eigenvalue weighted by atomic mass is 9.87. The number of rotatable bonds is 47. The highest BCUT2D eigenvalue weighted by atomic mass is 16.4. The monoisotopic (exact) mass is 1460 g/mol. The van der Waals surface area contributed by atoms with E-state index in [4.69, 9.17) is 61.3 Å². The highest BCUT2D eigenvalue weighted by molar-refractivity contribution is 5.88. The van der Waals surface area contributed by atoms with Gasteiger partial charge in [-0.3, -0.25) is 43.2 Å². The normalized spacial score (nSPS) is 12.4. The van der Waals surface area contributed by atoms with Crippen LogP contribution in [0, 0.1) is 11.8 Å². The van der Waals surface area contributed by atoms with Crippen LogP contribution in [0.4, 0.5) is 0 Å². The summed E-state index contributed by atoms with van der Waals surface area (Å²) < 4.78 is 0. The highest BCUT2D eigenvalue weighted by Gasteiger charge is 2.40. The van der Waals surface area contributed by atoms with E-state index in [0.717, 1.165) is 140 Å². The molecule has 0 amide bonds. The Morgan fingerprint density at radius 3 is 1.13 bits per heavy atom. The minimum atomic E-state index is -2.74. The lowest BCUT2D eigenvalue weighted by Gasteiger charge is -2.18. The average molecular weight is 1460 g/mol. The third-order valence-corrected chi connectivity index (χ3v) is 15.4. The van der Waals surface area contributed by atoms with Gasteiger partial charge >= 0.3 is 65.7 Å². The smallest absolute Gasteiger partial charge is 0.336 e. The number of hydrogen-bond donors (Lipinski definition) is 12. The number of carboxylic acid groups (broad SMARTS) is 11. The van der Waals surface area contributed by atoms with Crippen LogP contribution in [0.5, 0.6) is 0 Å². The van der Waals surface area contributed by atoms with E-state index in [1.54, 1.807) is 6.08 Å². The number of unbranched alkanes of at least 4 members (excludes halogenated alkanes) is 20. The van der Waals surface area contributed by atoms with Crippen molar-refractivity contribution in [3.63, 3.8) is 0 Å². The van der Waals surface area contributed by atoms with Gasteiger partial charge in [0, 0.05) is 44.6 Å². The molecule has 0 atom stereocenters. The first-order valence-corrected chi connectivity index (χ1v) is 37.5. The van der Waals surface area contributed by atoms with Crippen molar-refractivity contribution in [3.8, 4) is 0 Å². The summed E-state index contributed by atoms with van der Waals surface area (Å²) >= 11 is 0. The zero-order valence-corrected chi connectivity index (χ0v) is 62.8. The van der Waals surface area contributed by atoms with E-state index < -0.39 is 84.1 Å². The predicted molar refractivity (Wildman–Crippen MR) is 404 cm³/mol. The minimum Gasteiger partial charge on any atom is -0.481 e. The van der Waals surface area contributed by atoms with Crippen LogP contribution < -0.4 is 0 Å². The van der Waals surface area contributed by atoms with Crippen LogP contribution in [0.25, 0.3) is 6.08 Å². The topological polar surface area (TPSA) is 431 Å². The number of carbonyl (C=O) groups is 11. The molecule has 0 radical (unpaired) electrons. The summed E-state index contributed by atoms with van der Waals surface area (Å²) in [6.45, 7) is 12.3. The molecule has 103 heavy (non-hydrogen) atoms. The predicted octanol–water partition coefficient (Wildman–Crippen LogP) is 19.4. The summed E-state index contributed by atoms with van der Waals surface area (Å²) in [4.78, 5) is 112. The van der Waals surface area contributed by atoms with E-state index in [-0.39, 0.29) is 18.8 Å². The Morgan fingerprint density at radius 2 is 0.738 bits per heavy atom. The molecular weight excluding hydrogens is 1330 g/mol. The Bertz CT molecular complexity index is 2400. The fourth-order valence-electron chi connectivity index (χ4n) is 9.59. The Labute approximate surface area is 614 Å². The fraction of sp³-hybridized carbons (Fsp3) is 0.662. The Morgan fingerprint density at radius 1 is 0.379 bits per heavy atom. The maximum Gasteiger partial charge on any atom is 0.336 e. The van der Waals surface area contributed by atoms with E-state index in [9.17, 15) is 52.7 Å². The second kappa shape index (κ2) is 81.3. The summed E-state index contributed by atoms with van der Waals surface area (Å²) in [7, 11) is 0. The maximum absolute atomic E-state index is 10.4. The number of benzene rings is 1. The molecule has 0 unspecified atom stereocenters. The summed E-state index contributed by atoms with van der Waals surface area (Å²) in [5.74, 6) is -10.2. The molecule has 1 aromatic carbocycles. The molecule has 592 valence electrons. The maximum atomic E-state index is 10.4. The number of aliphatic carboxylic acids is 11. The van der Waals surface area contributed by atoms with Gasteiger partial charge in [-0.2, -0.15) is 0 Å². The number of aliphatic hydroxyl groups is 1. The SMILES string of the molecule is C=CCCCCCCCC(=O)O.CCCC=CCCCCC(=O)O.CCCCC=CCCCC(=O)O.CCCCCC=CCCC(=O)O.CCCCCCCCCC(=O)O.O=C(O)C1CCCCC1.O=C(O)C=Cc1ccccc1.O=C(O)CC(O)(CC(=O)O)C(=O)O.O=C(O)CC1CCCCC1. The van der Waals surface area contributed by atoms with Gasteiger partial charge in [-0.25, -0.2) is 9.59 Å². The molecule has 0 spiro atoms. The highest BCUT2D eigenvalue weighted by Crippen LogP contribution is 2.26. The van der Waals surface area contributed by atoms with E-state index in [1.165, 1.54) is 109 Å². The van der Waals surface area contributed by atoms with E-state index >= 15 is 0 Å². The molecule has 3 rings (SSSR count). The Hall–Kier alpha value is -7.95. The van der Waals surface area contributed by atoms with Crippen LogP contribution in [0.1, 0.15) is 329 Å². The average Bonchev–Trinajstić information content (AvgIpc) is 0.862. The zero-order valence-electron chi connectivity index (χ0n) is 62.8. The van der Waals surface area contributed by atoms with Crippen LogP contribution in [0.2, 0.25) is 0 Å². The lowest BCUT2D eigenvalue weighted by molar-refractivity contribution is -0.170. The molecule has 1 aromatic rings. The zero-order chi connectivity index (χ0) is 79.0. The molecule has 12 N–H and O–H groups in total. The van der Waals surface area contributed by atoms with Crippen molar-refractivity contribution in [2.24, 2.45) is 11.8 Å².